The monoisotopic (exact) mass is 397 g/mol. The third kappa shape index (κ3) is 3.79. The summed E-state index contributed by atoms with van der Waals surface area (Å²) >= 11 is 0. The van der Waals surface area contributed by atoms with Crippen molar-refractivity contribution in [2.45, 2.75) is 27.7 Å². The molecule has 0 aliphatic carbocycles. The average molecular weight is 397 g/mol. The fraction of sp³-hybridized carbons (Fsp3) is 0.250. The Morgan fingerprint density at radius 3 is 2.52 bits per heavy atom. The standard InChI is InChI=1S/C20H19N3O6/c1-11-6-5-7-15(19(11)23(26)27)20(25)28-10-17(24)16-8-12(2)22(14(16)4)18-9-13(3)29-21-18/h5-9H,10H2,1-4H3. The van der Waals surface area contributed by atoms with Gasteiger partial charge in [0, 0.05) is 28.6 Å². The van der Waals surface area contributed by atoms with Crippen LogP contribution in [0.3, 0.4) is 0 Å². The lowest BCUT2D eigenvalue weighted by atomic mass is 10.1. The number of rotatable bonds is 6. The van der Waals surface area contributed by atoms with Gasteiger partial charge < -0.3 is 9.26 Å². The summed E-state index contributed by atoms with van der Waals surface area (Å²) in [4.78, 5) is 35.6. The largest absolute Gasteiger partial charge is 0.454 e. The van der Waals surface area contributed by atoms with E-state index in [1.54, 1.807) is 30.5 Å². The third-order valence-corrected chi connectivity index (χ3v) is 4.55. The van der Waals surface area contributed by atoms with E-state index < -0.39 is 23.3 Å². The molecule has 0 saturated heterocycles. The minimum absolute atomic E-state index is 0.189. The quantitative estimate of drug-likeness (QED) is 0.270. The Bertz CT molecular complexity index is 1130. The summed E-state index contributed by atoms with van der Waals surface area (Å²) in [6, 6.07) is 7.77. The molecule has 9 nitrogen and oxygen atoms in total. The Kier molecular flexibility index (Phi) is 5.31. The summed E-state index contributed by atoms with van der Waals surface area (Å²) in [7, 11) is 0. The van der Waals surface area contributed by atoms with Crippen molar-refractivity contribution >= 4 is 17.4 Å². The van der Waals surface area contributed by atoms with Crippen LogP contribution in [-0.2, 0) is 4.74 Å². The highest BCUT2D eigenvalue weighted by molar-refractivity contribution is 6.01. The van der Waals surface area contributed by atoms with Gasteiger partial charge in [-0.2, -0.15) is 0 Å². The zero-order chi connectivity index (χ0) is 21.3. The van der Waals surface area contributed by atoms with Crippen LogP contribution in [0.5, 0.6) is 0 Å². The molecule has 0 N–H and O–H groups in total. The van der Waals surface area contributed by atoms with Crippen molar-refractivity contribution in [3.8, 4) is 5.82 Å². The van der Waals surface area contributed by atoms with Crippen molar-refractivity contribution < 1.29 is 23.8 Å². The van der Waals surface area contributed by atoms with Gasteiger partial charge in [0.05, 0.1) is 4.92 Å². The average Bonchev–Trinajstić information content (AvgIpc) is 3.21. The number of ether oxygens (including phenoxy) is 1. The number of Topliss-reactive ketones (excluding diaryl/α,β-unsaturated/α-hetero) is 1. The summed E-state index contributed by atoms with van der Waals surface area (Å²) in [5.41, 5.74) is 1.57. The van der Waals surface area contributed by atoms with E-state index in [-0.39, 0.29) is 11.3 Å². The number of nitro groups is 1. The number of benzene rings is 1. The van der Waals surface area contributed by atoms with Crippen molar-refractivity contribution in [1.29, 1.82) is 0 Å². The molecule has 9 heteroatoms. The summed E-state index contributed by atoms with van der Waals surface area (Å²) in [6.45, 7) is 6.32. The molecule has 0 spiro atoms. The topological polar surface area (TPSA) is 117 Å². The van der Waals surface area contributed by atoms with E-state index >= 15 is 0 Å². The van der Waals surface area contributed by atoms with E-state index in [9.17, 15) is 19.7 Å². The predicted molar refractivity (Wildman–Crippen MR) is 102 cm³/mol. The third-order valence-electron chi connectivity index (χ3n) is 4.55. The number of carbonyl (C=O) groups excluding carboxylic acids is 2. The van der Waals surface area contributed by atoms with E-state index in [4.69, 9.17) is 9.26 Å². The first-order valence-electron chi connectivity index (χ1n) is 8.77. The molecule has 2 aromatic heterocycles. The van der Waals surface area contributed by atoms with Crippen LogP contribution in [0.25, 0.3) is 5.82 Å². The fourth-order valence-electron chi connectivity index (χ4n) is 3.21. The second-order valence-electron chi connectivity index (χ2n) is 6.64. The first-order valence-corrected chi connectivity index (χ1v) is 8.77. The summed E-state index contributed by atoms with van der Waals surface area (Å²) in [5.74, 6) is -0.166. The molecule has 0 radical (unpaired) electrons. The summed E-state index contributed by atoms with van der Waals surface area (Å²) in [5, 5.41) is 15.2. The number of aromatic nitrogens is 2. The van der Waals surface area contributed by atoms with E-state index in [1.165, 1.54) is 25.1 Å². The number of para-hydroxylation sites is 1. The van der Waals surface area contributed by atoms with Gasteiger partial charge in [-0.05, 0) is 39.8 Å². The van der Waals surface area contributed by atoms with Crippen LogP contribution >= 0.6 is 0 Å². The molecule has 0 saturated carbocycles. The van der Waals surface area contributed by atoms with E-state index in [0.29, 0.717) is 28.4 Å². The molecule has 0 bridgehead atoms. The number of esters is 1. The Balaban J connectivity index is 1.80. The highest BCUT2D eigenvalue weighted by Gasteiger charge is 2.25. The van der Waals surface area contributed by atoms with Crippen molar-refractivity contribution in [3.05, 3.63) is 74.3 Å². The van der Waals surface area contributed by atoms with E-state index in [0.717, 1.165) is 5.69 Å². The van der Waals surface area contributed by atoms with Gasteiger partial charge in [-0.15, -0.1) is 0 Å². The van der Waals surface area contributed by atoms with Gasteiger partial charge in [0.15, 0.2) is 12.4 Å². The van der Waals surface area contributed by atoms with Gasteiger partial charge in [0.25, 0.3) is 5.69 Å². The zero-order valence-corrected chi connectivity index (χ0v) is 16.4. The maximum atomic E-state index is 12.6. The van der Waals surface area contributed by atoms with Crippen molar-refractivity contribution in [3.63, 3.8) is 0 Å². The maximum Gasteiger partial charge on any atom is 0.345 e. The van der Waals surface area contributed by atoms with Crippen molar-refractivity contribution in [2.24, 2.45) is 0 Å². The normalized spacial score (nSPS) is 10.8. The fourth-order valence-corrected chi connectivity index (χ4v) is 3.21. The van der Waals surface area contributed by atoms with Gasteiger partial charge in [0.1, 0.15) is 11.3 Å². The highest BCUT2D eigenvalue weighted by Crippen LogP contribution is 2.24. The second kappa shape index (κ2) is 7.70. The summed E-state index contributed by atoms with van der Waals surface area (Å²) in [6.07, 6.45) is 0. The maximum absolute atomic E-state index is 12.6. The van der Waals surface area contributed by atoms with E-state index in [1.807, 2.05) is 6.92 Å². The van der Waals surface area contributed by atoms with Crippen LogP contribution in [0.1, 0.15) is 43.4 Å². The van der Waals surface area contributed by atoms with Crippen molar-refractivity contribution in [1.82, 2.24) is 9.72 Å². The molecule has 3 aromatic rings. The molecular weight excluding hydrogens is 378 g/mol. The number of carbonyl (C=O) groups is 2. The second-order valence-corrected chi connectivity index (χ2v) is 6.64. The number of hydrogen-bond acceptors (Lipinski definition) is 7. The molecule has 1 aromatic carbocycles. The molecule has 29 heavy (non-hydrogen) atoms. The lowest BCUT2D eigenvalue weighted by Crippen LogP contribution is -2.16. The lowest BCUT2D eigenvalue weighted by molar-refractivity contribution is -0.385. The molecule has 0 amide bonds. The number of nitrogens with zero attached hydrogens (tertiary/aromatic N) is 3. The molecule has 0 fully saturated rings. The first kappa shape index (κ1) is 20.0. The highest BCUT2D eigenvalue weighted by atomic mass is 16.6. The van der Waals surface area contributed by atoms with Gasteiger partial charge in [-0.1, -0.05) is 17.3 Å². The van der Waals surface area contributed by atoms with Crippen LogP contribution in [0.2, 0.25) is 0 Å². The molecule has 3 rings (SSSR count). The minimum Gasteiger partial charge on any atom is -0.454 e. The lowest BCUT2D eigenvalue weighted by Gasteiger charge is -2.07. The first-order chi connectivity index (χ1) is 13.7. The minimum atomic E-state index is -0.922. The Morgan fingerprint density at radius 1 is 1.17 bits per heavy atom. The van der Waals surface area contributed by atoms with Gasteiger partial charge in [-0.3, -0.25) is 19.5 Å². The number of hydrogen-bond donors (Lipinski definition) is 0. The molecule has 150 valence electrons. The van der Waals surface area contributed by atoms with Crippen LogP contribution in [0.4, 0.5) is 5.69 Å². The smallest absolute Gasteiger partial charge is 0.345 e. The number of nitro benzene ring substituents is 1. The zero-order valence-electron chi connectivity index (χ0n) is 16.4. The Labute approximate surface area is 166 Å². The predicted octanol–water partition coefficient (Wildman–Crippen LogP) is 3.65. The molecule has 0 atom stereocenters. The van der Waals surface area contributed by atoms with Gasteiger partial charge >= 0.3 is 5.97 Å². The SMILES string of the molecule is Cc1cc(-n2c(C)cc(C(=O)COC(=O)c3cccc(C)c3[N+](=O)[O-])c2C)no1. The van der Waals surface area contributed by atoms with Gasteiger partial charge in [0.2, 0.25) is 5.78 Å². The number of aryl methyl sites for hydroxylation is 3. The van der Waals surface area contributed by atoms with Crippen LogP contribution in [0.15, 0.2) is 34.9 Å². The molecule has 2 heterocycles. The van der Waals surface area contributed by atoms with Crippen LogP contribution in [0, 0.1) is 37.8 Å². The molecule has 0 aliphatic rings. The Hall–Kier alpha value is -3.75. The number of ketones is 1. The van der Waals surface area contributed by atoms with Crippen LogP contribution in [-0.4, -0.2) is 33.0 Å². The molecule has 0 unspecified atom stereocenters. The molecular formula is C20H19N3O6. The van der Waals surface area contributed by atoms with E-state index in [2.05, 4.69) is 5.16 Å². The Morgan fingerprint density at radius 2 is 1.90 bits per heavy atom. The molecule has 0 aliphatic heterocycles. The van der Waals surface area contributed by atoms with Crippen LogP contribution < -0.4 is 0 Å². The summed E-state index contributed by atoms with van der Waals surface area (Å²) < 4.78 is 11.9. The van der Waals surface area contributed by atoms with Crippen molar-refractivity contribution in [2.75, 3.05) is 6.61 Å². The van der Waals surface area contributed by atoms with Gasteiger partial charge in [-0.25, -0.2) is 4.79 Å².